The number of hydrogen-bond donors (Lipinski definition) is 1. The Hall–Kier alpha value is -1.89. The van der Waals surface area contributed by atoms with Crippen molar-refractivity contribution >= 4 is 11.7 Å². The van der Waals surface area contributed by atoms with Crippen molar-refractivity contribution in [2.45, 2.75) is 26.0 Å². The monoisotopic (exact) mass is 300 g/mol. The molecule has 1 fully saturated rings. The molecule has 2 amide bonds. The Kier molecular flexibility index (Phi) is 5.32. The molecule has 2 rings (SSSR count). The van der Waals surface area contributed by atoms with Gasteiger partial charge >= 0.3 is 12.6 Å². The fraction of sp³-hybridized carbons (Fsp3) is 0.500. The Morgan fingerprint density at radius 3 is 2.81 bits per heavy atom. The molecule has 0 spiro atoms. The first-order chi connectivity index (χ1) is 10.1. The highest BCUT2D eigenvalue weighted by molar-refractivity contribution is 5.89. The molecule has 0 radical (unpaired) electrons. The maximum atomic E-state index is 12.2. The lowest BCUT2D eigenvalue weighted by Gasteiger charge is -2.35. The second-order valence-electron chi connectivity index (χ2n) is 4.66. The van der Waals surface area contributed by atoms with Gasteiger partial charge in [0.15, 0.2) is 0 Å². The third-order valence-electron chi connectivity index (χ3n) is 3.29. The Morgan fingerprint density at radius 1 is 1.48 bits per heavy atom. The number of anilines is 1. The molecule has 0 aliphatic carbocycles. The highest BCUT2D eigenvalue weighted by Crippen LogP contribution is 2.19. The average Bonchev–Trinajstić information content (AvgIpc) is 2.48. The summed E-state index contributed by atoms with van der Waals surface area (Å²) in [6, 6.07) is 5.66. The van der Waals surface area contributed by atoms with Crippen molar-refractivity contribution in [3.63, 3.8) is 0 Å². The summed E-state index contributed by atoms with van der Waals surface area (Å²) in [6.45, 7) is 0.729. The average molecular weight is 300 g/mol. The minimum absolute atomic E-state index is 0.0557. The van der Waals surface area contributed by atoms with Gasteiger partial charge in [0.2, 0.25) is 0 Å². The van der Waals surface area contributed by atoms with E-state index in [4.69, 9.17) is 4.74 Å². The van der Waals surface area contributed by atoms with Gasteiger partial charge in [-0.05, 0) is 30.7 Å². The zero-order valence-electron chi connectivity index (χ0n) is 11.7. The number of nitrogens with zero attached hydrogens (tertiary/aromatic N) is 1. The summed E-state index contributed by atoms with van der Waals surface area (Å²) in [5, 5.41) is 2.74. The number of hydrogen-bond acceptors (Lipinski definition) is 3. The molecule has 7 heteroatoms. The molecule has 1 N–H and O–H groups in total. The standard InChI is InChI=1S/C14H18F2N2O3/c1-2-11-9-20-8-7-18(11)14(19)17-10-3-5-12(6-4-10)21-13(15)16/h3-6,11,13H,2,7-9H2,1H3,(H,17,19). The molecule has 1 aromatic rings. The van der Waals surface area contributed by atoms with Gasteiger partial charge in [0.05, 0.1) is 19.3 Å². The topological polar surface area (TPSA) is 50.8 Å². The largest absolute Gasteiger partial charge is 0.435 e. The fourth-order valence-electron chi connectivity index (χ4n) is 2.18. The van der Waals surface area contributed by atoms with Gasteiger partial charge in [-0.2, -0.15) is 8.78 Å². The summed E-state index contributed by atoms with van der Waals surface area (Å²) in [4.78, 5) is 13.9. The summed E-state index contributed by atoms with van der Waals surface area (Å²) in [5.41, 5.74) is 0.531. The highest BCUT2D eigenvalue weighted by Gasteiger charge is 2.25. The first-order valence-corrected chi connectivity index (χ1v) is 6.80. The van der Waals surface area contributed by atoms with Crippen molar-refractivity contribution < 1.29 is 23.0 Å². The van der Waals surface area contributed by atoms with Crippen LogP contribution in [0, 0.1) is 0 Å². The van der Waals surface area contributed by atoms with E-state index in [1.54, 1.807) is 4.90 Å². The summed E-state index contributed by atoms with van der Waals surface area (Å²) in [5.74, 6) is 0.0563. The molecule has 1 atom stereocenters. The first-order valence-electron chi connectivity index (χ1n) is 6.80. The molecule has 116 valence electrons. The number of ether oxygens (including phenoxy) is 2. The van der Waals surface area contributed by atoms with Gasteiger partial charge < -0.3 is 19.7 Å². The van der Waals surface area contributed by atoms with Crippen molar-refractivity contribution in [1.82, 2.24) is 4.90 Å². The van der Waals surface area contributed by atoms with E-state index in [0.717, 1.165) is 6.42 Å². The van der Waals surface area contributed by atoms with Crippen LogP contribution in [0.3, 0.4) is 0 Å². The van der Waals surface area contributed by atoms with E-state index in [2.05, 4.69) is 10.1 Å². The Morgan fingerprint density at radius 2 is 2.19 bits per heavy atom. The van der Waals surface area contributed by atoms with Crippen LogP contribution in [0.1, 0.15) is 13.3 Å². The number of carbonyl (C=O) groups is 1. The van der Waals surface area contributed by atoms with E-state index >= 15 is 0 Å². The Balaban J connectivity index is 1.95. The molecule has 1 heterocycles. The van der Waals surface area contributed by atoms with Gasteiger partial charge in [0, 0.05) is 12.2 Å². The van der Waals surface area contributed by atoms with E-state index in [0.29, 0.717) is 25.4 Å². The molecule has 0 aromatic heterocycles. The molecule has 1 aliphatic heterocycles. The number of alkyl halides is 2. The maximum absolute atomic E-state index is 12.2. The number of halogens is 2. The first kappa shape index (κ1) is 15.5. The molecular weight excluding hydrogens is 282 g/mol. The van der Waals surface area contributed by atoms with Gasteiger partial charge in [0.1, 0.15) is 5.75 Å². The minimum Gasteiger partial charge on any atom is -0.435 e. The number of urea groups is 1. The lowest BCUT2D eigenvalue weighted by atomic mass is 10.2. The number of benzene rings is 1. The van der Waals surface area contributed by atoms with Gasteiger partial charge in [-0.1, -0.05) is 6.92 Å². The Bertz CT molecular complexity index is 468. The quantitative estimate of drug-likeness (QED) is 0.930. The van der Waals surface area contributed by atoms with Crippen LogP contribution in [0.25, 0.3) is 0 Å². The van der Waals surface area contributed by atoms with Crippen molar-refractivity contribution in [3.8, 4) is 5.75 Å². The van der Waals surface area contributed by atoms with Crippen molar-refractivity contribution in [2.75, 3.05) is 25.1 Å². The van der Waals surface area contributed by atoms with Gasteiger partial charge in [-0.3, -0.25) is 0 Å². The van der Waals surface area contributed by atoms with E-state index in [-0.39, 0.29) is 17.8 Å². The molecule has 0 bridgehead atoms. The van der Waals surface area contributed by atoms with Crippen molar-refractivity contribution in [2.24, 2.45) is 0 Å². The van der Waals surface area contributed by atoms with Crippen molar-refractivity contribution in [1.29, 1.82) is 0 Å². The fourth-order valence-corrected chi connectivity index (χ4v) is 2.18. The van der Waals surface area contributed by atoms with Gasteiger partial charge in [0.25, 0.3) is 0 Å². The van der Waals surface area contributed by atoms with Crippen LogP contribution in [0.4, 0.5) is 19.3 Å². The SMILES string of the molecule is CCC1COCCN1C(=O)Nc1ccc(OC(F)F)cc1. The smallest absolute Gasteiger partial charge is 0.387 e. The van der Waals surface area contributed by atoms with E-state index < -0.39 is 6.61 Å². The number of rotatable bonds is 4. The Labute approximate surface area is 121 Å². The maximum Gasteiger partial charge on any atom is 0.387 e. The summed E-state index contributed by atoms with van der Waals surface area (Å²) < 4.78 is 33.7. The summed E-state index contributed by atoms with van der Waals surface area (Å²) in [7, 11) is 0. The predicted octanol–water partition coefficient (Wildman–Crippen LogP) is 2.93. The normalized spacial score (nSPS) is 18.7. The molecule has 1 unspecified atom stereocenters. The van der Waals surface area contributed by atoms with E-state index in [1.807, 2.05) is 6.92 Å². The number of carbonyl (C=O) groups excluding carboxylic acids is 1. The zero-order valence-corrected chi connectivity index (χ0v) is 11.7. The van der Waals surface area contributed by atoms with Crippen LogP contribution in [0.15, 0.2) is 24.3 Å². The highest BCUT2D eigenvalue weighted by atomic mass is 19.3. The van der Waals surface area contributed by atoms with Crippen LogP contribution in [-0.4, -0.2) is 43.3 Å². The van der Waals surface area contributed by atoms with Gasteiger partial charge in [-0.25, -0.2) is 4.79 Å². The third kappa shape index (κ3) is 4.29. The van der Waals surface area contributed by atoms with Gasteiger partial charge in [-0.15, -0.1) is 0 Å². The second-order valence-corrected chi connectivity index (χ2v) is 4.66. The van der Waals surface area contributed by atoms with E-state index in [1.165, 1.54) is 24.3 Å². The van der Waals surface area contributed by atoms with Crippen LogP contribution in [0.2, 0.25) is 0 Å². The second kappa shape index (κ2) is 7.21. The molecule has 21 heavy (non-hydrogen) atoms. The van der Waals surface area contributed by atoms with Crippen LogP contribution in [0.5, 0.6) is 5.75 Å². The molecule has 5 nitrogen and oxygen atoms in total. The predicted molar refractivity (Wildman–Crippen MR) is 73.7 cm³/mol. The third-order valence-corrected chi connectivity index (χ3v) is 3.29. The minimum atomic E-state index is -2.86. The number of morpholine rings is 1. The van der Waals surface area contributed by atoms with Crippen molar-refractivity contribution in [3.05, 3.63) is 24.3 Å². The van der Waals surface area contributed by atoms with Crippen LogP contribution < -0.4 is 10.1 Å². The zero-order chi connectivity index (χ0) is 15.2. The lowest BCUT2D eigenvalue weighted by molar-refractivity contribution is -0.0498. The van der Waals surface area contributed by atoms with E-state index in [9.17, 15) is 13.6 Å². The molecule has 1 aliphatic rings. The number of amides is 2. The summed E-state index contributed by atoms with van der Waals surface area (Å²) in [6.07, 6.45) is 0.814. The van der Waals surface area contributed by atoms with Crippen LogP contribution >= 0.6 is 0 Å². The van der Waals surface area contributed by atoms with Crippen LogP contribution in [-0.2, 0) is 4.74 Å². The molecule has 0 saturated carbocycles. The summed E-state index contributed by atoms with van der Waals surface area (Å²) >= 11 is 0. The number of nitrogens with one attached hydrogen (secondary N) is 1. The molecule has 1 saturated heterocycles. The molecule has 1 aromatic carbocycles. The lowest BCUT2D eigenvalue weighted by Crippen LogP contribution is -2.50. The molecular formula is C14H18F2N2O3.